The molecule has 0 spiro atoms. The summed E-state index contributed by atoms with van der Waals surface area (Å²) in [6.07, 6.45) is 3.43. The number of ether oxygens (including phenoxy) is 3. The fourth-order valence-corrected chi connectivity index (χ4v) is 8.49. The number of rotatable bonds is 13. The number of hydrogen-bond acceptors (Lipinski definition) is 9. The van der Waals surface area contributed by atoms with E-state index in [2.05, 4.69) is 48.8 Å². The molecule has 0 bridgehead atoms. The summed E-state index contributed by atoms with van der Waals surface area (Å²) >= 11 is 0. The number of nitrogens with one attached hydrogen (secondary N) is 4. The molecule has 0 saturated carbocycles. The molecule has 3 aliphatic rings. The molecule has 1 saturated heterocycles. The summed E-state index contributed by atoms with van der Waals surface area (Å²) in [7, 11) is 1.28. The average Bonchev–Trinajstić information content (AvgIpc) is 4.08. The number of methoxy groups -OCH3 is 1. The smallest absolute Gasteiger partial charge is 0.407 e. The molecule has 0 aliphatic carbocycles. The summed E-state index contributed by atoms with van der Waals surface area (Å²) in [5.74, 6) is 2.02. The third-order valence-corrected chi connectivity index (χ3v) is 11.5. The Morgan fingerprint density at radius 3 is 2.42 bits per heavy atom. The Kier molecular flexibility index (Phi) is 12.0. The first kappa shape index (κ1) is 41.6. The lowest BCUT2D eigenvalue weighted by Gasteiger charge is -2.35. The zero-order valence-corrected chi connectivity index (χ0v) is 35.1. The van der Waals surface area contributed by atoms with E-state index in [9.17, 15) is 19.2 Å². The number of likely N-dealkylation sites (tertiary alicyclic amines) is 1. The molecule has 62 heavy (non-hydrogen) atoms. The molecule has 0 radical (unpaired) electrons. The number of carbonyl (C=O) groups excluding carboxylic acids is 3. The van der Waals surface area contributed by atoms with E-state index in [-0.39, 0.29) is 36.9 Å². The number of imidazole rings is 2. The zero-order chi connectivity index (χ0) is 43.5. The highest BCUT2D eigenvalue weighted by molar-refractivity contribution is 6.00. The number of carboxylic acid groups (broad SMARTS) is 1. The van der Waals surface area contributed by atoms with Crippen LogP contribution < -0.4 is 20.1 Å². The predicted octanol–water partition coefficient (Wildman–Crippen LogP) is 6.95. The lowest BCUT2D eigenvalue weighted by atomic mass is 9.83. The molecule has 5 aromatic rings. The van der Waals surface area contributed by atoms with Crippen molar-refractivity contribution in [1.29, 1.82) is 0 Å². The zero-order valence-electron chi connectivity index (χ0n) is 35.1. The monoisotopic (exact) mass is 842 g/mol. The number of aromatic amines is 2. The Bertz CT molecular complexity index is 2510. The van der Waals surface area contributed by atoms with Gasteiger partial charge in [0.2, 0.25) is 11.8 Å². The van der Waals surface area contributed by atoms with Crippen LogP contribution in [0.1, 0.15) is 80.5 Å². The number of amides is 4. The third-order valence-electron chi connectivity index (χ3n) is 11.5. The minimum absolute atomic E-state index is 0.150. The van der Waals surface area contributed by atoms with Gasteiger partial charge in [0.15, 0.2) is 0 Å². The van der Waals surface area contributed by atoms with Gasteiger partial charge in [-0.05, 0) is 42.9 Å². The Morgan fingerprint density at radius 1 is 0.968 bits per heavy atom. The molecule has 5 heterocycles. The van der Waals surface area contributed by atoms with Crippen molar-refractivity contribution in [2.75, 3.05) is 33.4 Å². The summed E-state index contributed by atoms with van der Waals surface area (Å²) < 4.78 is 18.2. The van der Waals surface area contributed by atoms with Crippen molar-refractivity contribution >= 4 is 35.1 Å². The van der Waals surface area contributed by atoms with E-state index < -0.39 is 24.3 Å². The molecular weight excluding hydrogens is 793 g/mol. The van der Waals surface area contributed by atoms with E-state index >= 15 is 0 Å². The van der Waals surface area contributed by atoms with Gasteiger partial charge in [0.05, 0.1) is 43.5 Å². The van der Waals surface area contributed by atoms with Crippen molar-refractivity contribution in [2.24, 2.45) is 5.92 Å². The highest BCUT2D eigenvalue weighted by Crippen LogP contribution is 2.52. The summed E-state index contributed by atoms with van der Waals surface area (Å²) in [6.45, 7) is 7.05. The molecule has 16 nitrogen and oxygen atoms in total. The van der Waals surface area contributed by atoms with Gasteiger partial charge in [0, 0.05) is 46.5 Å². The third kappa shape index (κ3) is 8.44. The van der Waals surface area contributed by atoms with Crippen LogP contribution in [0.4, 0.5) is 9.59 Å². The second kappa shape index (κ2) is 17.9. The van der Waals surface area contributed by atoms with Gasteiger partial charge in [-0.15, -0.1) is 0 Å². The van der Waals surface area contributed by atoms with E-state index in [4.69, 9.17) is 19.3 Å². The van der Waals surface area contributed by atoms with Crippen molar-refractivity contribution in [3.8, 4) is 34.0 Å². The van der Waals surface area contributed by atoms with Crippen LogP contribution in [0.25, 0.3) is 33.7 Å². The Balaban J connectivity index is 1.06. The molecule has 3 unspecified atom stereocenters. The summed E-state index contributed by atoms with van der Waals surface area (Å²) in [5, 5.41) is 13.8. The number of benzene rings is 3. The number of aromatic nitrogens is 4. The SMILES string of the molecule is CCCN(Cc1ncc(-c2ccc3c(c2)OC(c2ccccc2)C2=C3COc3cc(-c4cnc(C5CCCN5C(=O)CNC(=O)O)[nH]4)ccc32)[nH]1)C(=O)C(NC(=O)OC)C(C)C. The number of carbonyl (C=O) groups is 4. The molecule has 1 fully saturated rings. The first-order valence-corrected chi connectivity index (χ1v) is 20.9. The molecule has 3 aliphatic heterocycles. The fraction of sp³-hybridized carbons (Fsp3) is 0.348. The van der Waals surface area contributed by atoms with E-state index in [0.29, 0.717) is 42.8 Å². The van der Waals surface area contributed by atoms with Gasteiger partial charge in [0.1, 0.15) is 48.4 Å². The van der Waals surface area contributed by atoms with E-state index in [1.807, 2.05) is 69.3 Å². The van der Waals surface area contributed by atoms with Crippen LogP contribution in [0.15, 0.2) is 79.1 Å². The molecule has 2 aromatic heterocycles. The first-order valence-electron chi connectivity index (χ1n) is 20.9. The number of fused-ring (bicyclic) bond motifs is 4. The van der Waals surface area contributed by atoms with Crippen molar-refractivity contribution in [1.82, 2.24) is 40.4 Å². The molecule has 3 atom stereocenters. The van der Waals surface area contributed by atoms with Crippen LogP contribution in [-0.4, -0.2) is 98.2 Å². The van der Waals surface area contributed by atoms with Crippen molar-refractivity contribution in [3.05, 3.63) is 107 Å². The summed E-state index contributed by atoms with van der Waals surface area (Å²) in [4.78, 5) is 69.0. The maximum absolute atomic E-state index is 13.6. The van der Waals surface area contributed by atoms with Crippen molar-refractivity contribution < 1.29 is 38.5 Å². The first-order chi connectivity index (χ1) is 30.0. The van der Waals surface area contributed by atoms with Gasteiger partial charge in [-0.1, -0.05) is 75.4 Å². The Labute approximate surface area is 358 Å². The molecule has 5 N–H and O–H groups in total. The second-order valence-corrected chi connectivity index (χ2v) is 16.0. The van der Waals surface area contributed by atoms with E-state index in [1.54, 1.807) is 22.2 Å². The van der Waals surface area contributed by atoms with Gasteiger partial charge in [-0.3, -0.25) is 9.59 Å². The number of H-pyrrole nitrogens is 2. The lowest BCUT2D eigenvalue weighted by molar-refractivity contribution is -0.135. The van der Waals surface area contributed by atoms with Gasteiger partial charge < -0.3 is 49.7 Å². The Hall–Kier alpha value is -7.10. The van der Waals surface area contributed by atoms with Crippen LogP contribution in [-0.2, 0) is 20.9 Å². The van der Waals surface area contributed by atoms with Crippen molar-refractivity contribution in [2.45, 2.75) is 64.8 Å². The van der Waals surface area contributed by atoms with Crippen molar-refractivity contribution in [3.63, 3.8) is 0 Å². The maximum Gasteiger partial charge on any atom is 0.407 e. The fourth-order valence-electron chi connectivity index (χ4n) is 8.49. The molecule has 16 heteroatoms. The second-order valence-electron chi connectivity index (χ2n) is 16.0. The van der Waals surface area contributed by atoms with E-state index in [1.165, 1.54) is 7.11 Å². The van der Waals surface area contributed by atoms with E-state index in [0.717, 1.165) is 69.6 Å². The minimum Gasteiger partial charge on any atom is -0.488 e. The quantitative estimate of drug-likeness (QED) is 0.0825. The normalized spacial score (nSPS) is 17.0. The number of alkyl carbamates (subject to hydrolysis) is 1. The van der Waals surface area contributed by atoms with Gasteiger partial charge >= 0.3 is 12.2 Å². The van der Waals surface area contributed by atoms with Gasteiger partial charge in [-0.25, -0.2) is 19.6 Å². The minimum atomic E-state index is -1.24. The average molecular weight is 843 g/mol. The largest absolute Gasteiger partial charge is 0.488 e. The molecular formula is C46H50N8O8. The summed E-state index contributed by atoms with van der Waals surface area (Å²) in [6, 6.07) is 21.2. The van der Waals surface area contributed by atoms with Crippen LogP contribution in [0, 0.1) is 5.92 Å². The van der Waals surface area contributed by atoms with Gasteiger partial charge in [-0.2, -0.15) is 0 Å². The summed E-state index contributed by atoms with van der Waals surface area (Å²) in [5.41, 5.74) is 8.15. The molecule has 3 aromatic carbocycles. The number of hydrogen-bond donors (Lipinski definition) is 5. The highest BCUT2D eigenvalue weighted by Gasteiger charge is 2.37. The van der Waals surface area contributed by atoms with Crippen LogP contribution in [0.2, 0.25) is 0 Å². The van der Waals surface area contributed by atoms with Gasteiger partial charge in [0.25, 0.3) is 0 Å². The standard InChI is InChI=1S/C46H50N8O8/c1-5-17-53(44(56)41(26(2)3)52-46(59)60-4)24-38-47-21-33(50-38)29-13-15-30-32-25-61-36-19-28(14-16-31(36)40(32)42(62-37(30)20-29)27-10-7-6-8-11-27)34-22-48-43(51-34)35-12-9-18-54(35)39(55)23-49-45(57)58/h6-8,10-11,13-16,19-22,26,35,41-42,49H,5,9,12,17-18,23-25H2,1-4H3,(H,47,50)(H,48,51)(H,52,59)(H,57,58). The number of nitrogens with zero attached hydrogens (tertiary/aromatic N) is 4. The lowest BCUT2D eigenvalue weighted by Crippen LogP contribution is -2.51. The molecule has 322 valence electrons. The van der Waals surface area contributed by atoms with Crippen LogP contribution >= 0.6 is 0 Å². The Morgan fingerprint density at radius 2 is 1.69 bits per heavy atom. The van der Waals surface area contributed by atoms with Crippen LogP contribution in [0.3, 0.4) is 0 Å². The topological polar surface area (TPSA) is 204 Å². The molecule has 4 amide bonds. The highest BCUT2D eigenvalue weighted by atomic mass is 16.5. The van der Waals surface area contributed by atoms with Crippen LogP contribution in [0.5, 0.6) is 11.5 Å². The predicted molar refractivity (Wildman–Crippen MR) is 230 cm³/mol. The molecule has 8 rings (SSSR count). The maximum atomic E-state index is 13.6.